The number of hydrogen-bond acceptors (Lipinski definition) is 0. The van der Waals surface area contributed by atoms with E-state index in [0.717, 1.165) is 16.5 Å². The van der Waals surface area contributed by atoms with Crippen molar-refractivity contribution in [1.82, 2.24) is 0 Å². The molecule has 0 bridgehead atoms. The third-order valence-electron chi connectivity index (χ3n) is 3.24. The lowest BCUT2D eigenvalue weighted by molar-refractivity contribution is 0.510. The summed E-state index contributed by atoms with van der Waals surface area (Å²) >= 11 is 6.95. The topological polar surface area (TPSA) is 0 Å². The third kappa shape index (κ3) is 3.89. The third-order valence-corrected chi connectivity index (χ3v) is 4.93. The van der Waals surface area contributed by atoms with Crippen LogP contribution in [0.4, 0.5) is 8.78 Å². The second-order valence-electron chi connectivity index (χ2n) is 4.72. The quantitative estimate of drug-likeness (QED) is 0.576. The number of hydrogen-bond donors (Lipinski definition) is 0. The summed E-state index contributed by atoms with van der Waals surface area (Å²) in [5.41, 5.74) is 1.32. The first-order chi connectivity index (χ1) is 9.61. The molecule has 0 radical (unpaired) electrons. The lowest BCUT2D eigenvalue weighted by Crippen LogP contribution is -2.12. The molecule has 0 aliphatic rings. The molecule has 0 aliphatic carbocycles. The fourth-order valence-corrected chi connectivity index (χ4v) is 3.08. The second-order valence-corrected chi connectivity index (χ2v) is 6.22. The predicted molar refractivity (Wildman–Crippen MR) is 85.2 cm³/mol. The molecule has 2 aromatic rings. The summed E-state index contributed by atoms with van der Waals surface area (Å²) < 4.78 is 28.4. The highest BCUT2D eigenvalue weighted by Crippen LogP contribution is 2.24. The van der Waals surface area contributed by atoms with Crippen molar-refractivity contribution in [2.45, 2.75) is 12.8 Å². The molecule has 0 fully saturated rings. The molecule has 106 valence electrons. The first kappa shape index (κ1) is 15.6. The molecule has 0 aliphatic heterocycles. The minimum Gasteiger partial charge on any atom is -0.207 e. The summed E-state index contributed by atoms with van der Waals surface area (Å²) in [5.74, 6) is -0.800. The molecule has 1 atom stereocenters. The van der Waals surface area contributed by atoms with Gasteiger partial charge in [0.1, 0.15) is 11.6 Å². The van der Waals surface area contributed by atoms with E-state index in [1.165, 1.54) is 18.2 Å². The van der Waals surface area contributed by atoms with Crippen molar-refractivity contribution < 1.29 is 8.78 Å². The van der Waals surface area contributed by atoms with Crippen LogP contribution in [0.25, 0.3) is 0 Å². The number of alkyl halides is 1. The monoisotopic (exact) mass is 402 g/mol. The van der Waals surface area contributed by atoms with E-state index in [4.69, 9.17) is 0 Å². The smallest absolute Gasteiger partial charge is 0.129 e. The normalized spacial score (nSPS) is 12.4. The Labute approximate surface area is 134 Å². The highest BCUT2D eigenvalue weighted by atomic mass is 79.9. The largest absolute Gasteiger partial charge is 0.207 e. The van der Waals surface area contributed by atoms with Gasteiger partial charge in [-0.2, -0.15) is 0 Å². The maximum absolute atomic E-state index is 13.7. The first-order valence-electron chi connectivity index (χ1n) is 6.34. The van der Waals surface area contributed by atoms with Crippen LogP contribution < -0.4 is 0 Å². The van der Waals surface area contributed by atoms with Gasteiger partial charge in [-0.1, -0.05) is 56.1 Å². The Morgan fingerprint density at radius 2 is 1.55 bits per heavy atom. The number of rotatable bonds is 5. The van der Waals surface area contributed by atoms with Crippen molar-refractivity contribution in [2.24, 2.45) is 5.92 Å². The zero-order chi connectivity index (χ0) is 14.5. The van der Waals surface area contributed by atoms with Crippen LogP contribution in [0.3, 0.4) is 0 Å². The SMILES string of the molecule is Fc1cccc(F)c1CC(CBr)Cc1ccccc1Br. The molecule has 4 heteroatoms. The van der Waals surface area contributed by atoms with Crippen molar-refractivity contribution in [1.29, 1.82) is 0 Å². The molecular formula is C16H14Br2F2. The summed E-state index contributed by atoms with van der Waals surface area (Å²) in [6.45, 7) is 0. The molecule has 0 aromatic heterocycles. The zero-order valence-electron chi connectivity index (χ0n) is 10.8. The Morgan fingerprint density at radius 3 is 2.15 bits per heavy atom. The minimum atomic E-state index is -0.469. The Bertz CT molecular complexity index is 564. The molecule has 0 amide bonds. The molecule has 1 unspecified atom stereocenters. The van der Waals surface area contributed by atoms with E-state index in [-0.39, 0.29) is 11.5 Å². The van der Waals surface area contributed by atoms with Crippen molar-refractivity contribution >= 4 is 31.9 Å². The van der Waals surface area contributed by atoms with Gasteiger partial charge in [0.15, 0.2) is 0 Å². The van der Waals surface area contributed by atoms with Crippen LogP contribution in [-0.4, -0.2) is 5.33 Å². The van der Waals surface area contributed by atoms with Crippen LogP contribution >= 0.6 is 31.9 Å². The second kappa shape index (κ2) is 7.32. The van der Waals surface area contributed by atoms with Gasteiger partial charge < -0.3 is 0 Å². The maximum atomic E-state index is 13.7. The molecule has 0 nitrogen and oxygen atoms in total. The lowest BCUT2D eigenvalue weighted by Gasteiger charge is -2.16. The van der Waals surface area contributed by atoms with E-state index in [1.54, 1.807) is 0 Å². The Morgan fingerprint density at radius 1 is 0.900 bits per heavy atom. The van der Waals surface area contributed by atoms with Gasteiger partial charge in [0, 0.05) is 15.4 Å². The van der Waals surface area contributed by atoms with Gasteiger partial charge >= 0.3 is 0 Å². The van der Waals surface area contributed by atoms with Crippen molar-refractivity contribution in [3.8, 4) is 0 Å². The van der Waals surface area contributed by atoms with Crippen LogP contribution in [-0.2, 0) is 12.8 Å². The van der Waals surface area contributed by atoms with Gasteiger partial charge in [0.2, 0.25) is 0 Å². The molecule has 20 heavy (non-hydrogen) atoms. The first-order valence-corrected chi connectivity index (χ1v) is 8.25. The molecule has 0 saturated carbocycles. The van der Waals surface area contributed by atoms with Crippen LogP contribution in [0.1, 0.15) is 11.1 Å². The molecular weight excluding hydrogens is 390 g/mol. The van der Waals surface area contributed by atoms with Gasteiger partial charge in [-0.25, -0.2) is 8.78 Å². The molecule has 0 N–H and O–H groups in total. The van der Waals surface area contributed by atoms with Gasteiger partial charge in [-0.05, 0) is 42.5 Å². The van der Waals surface area contributed by atoms with E-state index < -0.39 is 11.6 Å². The average molecular weight is 404 g/mol. The zero-order valence-corrected chi connectivity index (χ0v) is 13.9. The van der Waals surface area contributed by atoms with E-state index in [1.807, 2.05) is 24.3 Å². The van der Waals surface area contributed by atoms with E-state index >= 15 is 0 Å². The summed E-state index contributed by atoms with van der Waals surface area (Å²) in [5, 5.41) is 0.697. The standard InChI is InChI=1S/C16H14Br2F2/c17-10-11(8-12-4-1-2-5-14(12)18)9-13-15(19)6-3-7-16(13)20/h1-7,11H,8-10H2. The minimum absolute atomic E-state index is 0.139. The summed E-state index contributed by atoms with van der Waals surface area (Å²) in [6, 6.07) is 11.9. The van der Waals surface area contributed by atoms with E-state index in [9.17, 15) is 8.78 Å². The fraction of sp³-hybridized carbons (Fsp3) is 0.250. The van der Waals surface area contributed by atoms with Gasteiger partial charge in [-0.15, -0.1) is 0 Å². The molecule has 0 heterocycles. The van der Waals surface area contributed by atoms with Crippen LogP contribution in [0.2, 0.25) is 0 Å². The van der Waals surface area contributed by atoms with Gasteiger partial charge in [0.05, 0.1) is 0 Å². The molecule has 2 aromatic carbocycles. The van der Waals surface area contributed by atoms with Crippen molar-refractivity contribution in [3.05, 3.63) is 69.7 Å². The number of benzene rings is 2. The fourth-order valence-electron chi connectivity index (χ4n) is 2.17. The molecule has 0 spiro atoms. The number of halogens is 4. The van der Waals surface area contributed by atoms with E-state index in [0.29, 0.717) is 11.8 Å². The Balaban J connectivity index is 2.16. The van der Waals surface area contributed by atoms with Crippen LogP contribution in [0.5, 0.6) is 0 Å². The van der Waals surface area contributed by atoms with Gasteiger partial charge in [0.25, 0.3) is 0 Å². The van der Waals surface area contributed by atoms with E-state index in [2.05, 4.69) is 31.9 Å². The Kier molecular flexibility index (Phi) is 5.73. The highest BCUT2D eigenvalue weighted by molar-refractivity contribution is 9.10. The van der Waals surface area contributed by atoms with Gasteiger partial charge in [-0.3, -0.25) is 0 Å². The predicted octanol–water partition coefficient (Wildman–Crippen LogP) is 5.52. The summed E-state index contributed by atoms with van der Waals surface area (Å²) in [7, 11) is 0. The molecule has 2 rings (SSSR count). The molecule has 0 saturated heterocycles. The maximum Gasteiger partial charge on any atom is 0.129 e. The van der Waals surface area contributed by atoms with Crippen LogP contribution in [0, 0.1) is 17.6 Å². The van der Waals surface area contributed by atoms with Crippen LogP contribution in [0.15, 0.2) is 46.9 Å². The summed E-state index contributed by atoms with van der Waals surface area (Å²) in [6.07, 6.45) is 1.14. The Hall–Kier alpha value is -0.740. The van der Waals surface area contributed by atoms with Crippen molar-refractivity contribution in [2.75, 3.05) is 5.33 Å². The highest BCUT2D eigenvalue weighted by Gasteiger charge is 2.16. The summed E-state index contributed by atoms with van der Waals surface area (Å²) in [4.78, 5) is 0. The van der Waals surface area contributed by atoms with Crippen molar-refractivity contribution in [3.63, 3.8) is 0 Å². The lowest BCUT2D eigenvalue weighted by atomic mass is 9.93. The average Bonchev–Trinajstić information content (AvgIpc) is 2.44.